The number of hydrogen-bond acceptors (Lipinski definition) is 6. The van der Waals surface area contributed by atoms with Gasteiger partial charge in [-0.05, 0) is 33.8 Å². The third kappa shape index (κ3) is 3.02. The summed E-state index contributed by atoms with van der Waals surface area (Å²) in [5, 5.41) is 11.0. The van der Waals surface area contributed by atoms with Gasteiger partial charge in [-0.3, -0.25) is 28.7 Å². The van der Waals surface area contributed by atoms with Gasteiger partial charge in [0.25, 0.3) is 11.1 Å². The number of benzene rings is 1. The van der Waals surface area contributed by atoms with E-state index in [0.29, 0.717) is 11.3 Å². The lowest BCUT2D eigenvalue weighted by atomic mass is 9.84. The zero-order valence-corrected chi connectivity index (χ0v) is 17.4. The lowest BCUT2D eigenvalue weighted by Gasteiger charge is -2.28. The maximum absolute atomic E-state index is 13.4. The van der Waals surface area contributed by atoms with Gasteiger partial charge in [0.05, 0.1) is 17.0 Å². The highest BCUT2D eigenvalue weighted by Gasteiger charge is 2.38. The standard InChI is InChI=1S/C21H22N4O6/c1-9(2)24-18(27)14(16(26)22-20(24)29)13-11-7-5-6-8-12(11)31-17-15(13)19(28)25(10(3)4)21(30)23-17/h5-10,13,27H,1-4H3,(H,23,30)(H,22,26,29)/t13-/m0/s1. The largest absolute Gasteiger partial charge is 0.494 e. The van der Waals surface area contributed by atoms with E-state index in [-0.39, 0.29) is 17.0 Å². The van der Waals surface area contributed by atoms with Gasteiger partial charge in [-0.15, -0.1) is 0 Å². The van der Waals surface area contributed by atoms with Crippen LogP contribution < -0.4 is 27.2 Å². The fourth-order valence-corrected chi connectivity index (χ4v) is 4.02. The van der Waals surface area contributed by atoms with Gasteiger partial charge < -0.3 is 9.84 Å². The molecule has 162 valence electrons. The van der Waals surface area contributed by atoms with E-state index in [2.05, 4.69) is 9.97 Å². The summed E-state index contributed by atoms with van der Waals surface area (Å²) in [6.45, 7) is 6.72. The lowest BCUT2D eigenvalue weighted by molar-refractivity contribution is 0.368. The van der Waals surface area contributed by atoms with Crippen LogP contribution in [0.4, 0.5) is 0 Å². The second-order valence-electron chi connectivity index (χ2n) is 7.98. The van der Waals surface area contributed by atoms with Gasteiger partial charge in [-0.25, -0.2) is 9.59 Å². The number of H-pyrrole nitrogens is 2. The molecule has 0 spiro atoms. The summed E-state index contributed by atoms with van der Waals surface area (Å²) in [6, 6.07) is 5.78. The molecule has 31 heavy (non-hydrogen) atoms. The summed E-state index contributed by atoms with van der Waals surface area (Å²) >= 11 is 0. The molecule has 1 aliphatic heterocycles. The minimum Gasteiger partial charge on any atom is -0.494 e. The van der Waals surface area contributed by atoms with Crippen molar-refractivity contribution in [1.29, 1.82) is 0 Å². The van der Waals surface area contributed by atoms with Gasteiger partial charge in [0.1, 0.15) is 5.75 Å². The number of rotatable bonds is 3. The van der Waals surface area contributed by atoms with Crippen molar-refractivity contribution in [2.75, 3.05) is 0 Å². The van der Waals surface area contributed by atoms with Gasteiger partial charge in [0.2, 0.25) is 11.8 Å². The lowest BCUT2D eigenvalue weighted by Crippen LogP contribution is -2.42. The molecule has 0 saturated carbocycles. The molecule has 0 bridgehead atoms. The van der Waals surface area contributed by atoms with Gasteiger partial charge in [-0.2, -0.15) is 0 Å². The Morgan fingerprint density at radius 3 is 2.16 bits per heavy atom. The molecule has 1 atom stereocenters. The van der Waals surface area contributed by atoms with Crippen LogP contribution in [0.1, 0.15) is 62.4 Å². The number of para-hydroxylation sites is 1. The molecule has 10 heteroatoms. The van der Waals surface area contributed by atoms with Crippen LogP contribution >= 0.6 is 0 Å². The molecular weight excluding hydrogens is 404 g/mol. The summed E-state index contributed by atoms with van der Waals surface area (Å²) < 4.78 is 7.84. The summed E-state index contributed by atoms with van der Waals surface area (Å²) in [5.41, 5.74) is -2.61. The van der Waals surface area contributed by atoms with E-state index in [9.17, 15) is 24.3 Å². The number of fused-ring (bicyclic) bond motifs is 2. The minimum atomic E-state index is -1.07. The maximum Gasteiger partial charge on any atom is 0.331 e. The Hall–Kier alpha value is -3.82. The molecule has 1 aromatic carbocycles. The Labute approximate surface area is 175 Å². The molecule has 0 aliphatic carbocycles. The van der Waals surface area contributed by atoms with E-state index in [1.54, 1.807) is 52.0 Å². The number of nitrogens with zero attached hydrogens (tertiary/aromatic N) is 2. The molecule has 10 nitrogen and oxygen atoms in total. The number of aromatic hydroxyl groups is 1. The predicted octanol–water partition coefficient (Wildman–Crippen LogP) is 1.54. The maximum atomic E-state index is 13.4. The highest BCUT2D eigenvalue weighted by atomic mass is 16.5. The van der Waals surface area contributed by atoms with E-state index in [0.717, 1.165) is 9.13 Å². The molecule has 0 amide bonds. The zero-order valence-electron chi connectivity index (χ0n) is 17.4. The molecule has 0 unspecified atom stereocenters. The molecule has 0 saturated heterocycles. The predicted molar refractivity (Wildman–Crippen MR) is 113 cm³/mol. The van der Waals surface area contributed by atoms with Crippen LogP contribution in [-0.4, -0.2) is 24.2 Å². The summed E-state index contributed by atoms with van der Waals surface area (Å²) in [7, 11) is 0. The van der Waals surface area contributed by atoms with Crippen molar-refractivity contribution >= 4 is 0 Å². The molecule has 1 aliphatic rings. The number of nitrogens with one attached hydrogen (secondary N) is 2. The van der Waals surface area contributed by atoms with Crippen LogP contribution in [0.25, 0.3) is 0 Å². The monoisotopic (exact) mass is 426 g/mol. The Bertz CT molecular complexity index is 1420. The molecule has 3 aromatic rings. The highest BCUT2D eigenvalue weighted by Crippen LogP contribution is 2.45. The van der Waals surface area contributed by atoms with E-state index in [1.807, 2.05) is 0 Å². The van der Waals surface area contributed by atoms with Crippen molar-refractivity contribution in [2.45, 2.75) is 45.7 Å². The Balaban J connectivity index is 2.17. The minimum absolute atomic E-state index is 0.00163. The smallest absolute Gasteiger partial charge is 0.331 e. The molecule has 3 heterocycles. The van der Waals surface area contributed by atoms with E-state index in [4.69, 9.17) is 4.74 Å². The van der Waals surface area contributed by atoms with Crippen molar-refractivity contribution in [3.8, 4) is 17.5 Å². The Kier molecular flexibility index (Phi) is 4.72. The summed E-state index contributed by atoms with van der Waals surface area (Å²) in [6.07, 6.45) is 0. The number of ether oxygens (including phenoxy) is 1. The number of hydrogen-bond donors (Lipinski definition) is 3. The fraction of sp³-hybridized carbons (Fsp3) is 0.333. The van der Waals surface area contributed by atoms with Crippen molar-refractivity contribution in [3.63, 3.8) is 0 Å². The second-order valence-corrected chi connectivity index (χ2v) is 7.98. The van der Waals surface area contributed by atoms with Crippen LogP contribution in [0.5, 0.6) is 17.5 Å². The van der Waals surface area contributed by atoms with E-state index in [1.165, 1.54) is 0 Å². The first-order valence-corrected chi connectivity index (χ1v) is 9.86. The van der Waals surface area contributed by atoms with Crippen LogP contribution in [0.3, 0.4) is 0 Å². The van der Waals surface area contributed by atoms with Crippen molar-refractivity contribution in [3.05, 3.63) is 82.6 Å². The zero-order chi connectivity index (χ0) is 22.6. The van der Waals surface area contributed by atoms with E-state index >= 15 is 0 Å². The van der Waals surface area contributed by atoms with Gasteiger partial charge >= 0.3 is 11.4 Å². The summed E-state index contributed by atoms with van der Waals surface area (Å²) in [4.78, 5) is 55.9. The molecule has 4 rings (SSSR count). The number of aromatic amines is 2. The Morgan fingerprint density at radius 1 is 0.903 bits per heavy atom. The number of aromatic nitrogens is 4. The molecule has 0 fully saturated rings. The second kappa shape index (κ2) is 7.15. The van der Waals surface area contributed by atoms with Gasteiger partial charge in [0.15, 0.2) is 0 Å². The first-order valence-electron chi connectivity index (χ1n) is 9.86. The van der Waals surface area contributed by atoms with E-state index < -0.39 is 46.4 Å². The summed E-state index contributed by atoms with van der Waals surface area (Å²) in [5.74, 6) is -1.39. The third-order valence-corrected chi connectivity index (χ3v) is 5.34. The van der Waals surface area contributed by atoms with Crippen LogP contribution in [0, 0.1) is 0 Å². The molecular formula is C21H22N4O6. The highest BCUT2D eigenvalue weighted by molar-refractivity contribution is 5.56. The molecule has 2 aromatic heterocycles. The molecule has 0 radical (unpaired) electrons. The van der Waals surface area contributed by atoms with Crippen LogP contribution in [0.2, 0.25) is 0 Å². The molecule has 3 N–H and O–H groups in total. The first kappa shape index (κ1) is 20.5. The van der Waals surface area contributed by atoms with Crippen LogP contribution in [-0.2, 0) is 0 Å². The van der Waals surface area contributed by atoms with Crippen LogP contribution in [0.15, 0.2) is 43.4 Å². The third-order valence-electron chi connectivity index (χ3n) is 5.34. The first-order chi connectivity index (χ1) is 14.6. The van der Waals surface area contributed by atoms with Crippen molar-refractivity contribution in [2.24, 2.45) is 0 Å². The quantitative estimate of drug-likeness (QED) is 0.454. The SMILES string of the molecule is CC(C)n1c(O)c([C@@H]2c3ccccc3Oc3[nH]c(=O)n(C(C)C)c(=O)c32)c(=O)[nH]c1=O. The average Bonchev–Trinajstić information content (AvgIpc) is 2.66. The topological polar surface area (TPSA) is 139 Å². The van der Waals surface area contributed by atoms with Gasteiger partial charge in [-0.1, -0.05) is 18.2 Å². The Morgan fingerprint density at radius 2 is 1.52 bits per heavy atom. The fourth-order valence-electron chi connectivity index (χ4n) is 4.02. The average molecular weight is 426 g/mol. The van der Waals surface area contributed by atoms with Crippen molar-refractivity contribution in [1.82, 2.24) is 19.1 Å². The van der Waals surface area contributed by atoms with Gasteiger partial charge in [0, 0.05) is 17.6 Å². The normalized spacial score (nSPS) is 15.0. The van der Waals surface area contributed by atoms with Crippen molar-refractivity contribution < 1.29 is 9.84 Å².